The van der Waals surface area contributed by atoms with Crippen molar-refractivity contribution in [2.24, 2.45) is 0 Å². The normalized spacial score (nSPS) is 13.1. The maximum Gasteiger partial charge on any atom is 0.232 e. The Hall–Kier alpha value is -3.26. The summed E-state index contributed by atoms with van der Waals surface area (Å²) in [5, 5.41) is 7.28. The molecule has 1 fully saturated rings. The fourth-order valence-electron chi connectivity index (χ4n) is 4.08. The van der Waals surface area contributed by atoms with Crippen LogP contribution in [0, 0.1) is 0 Å². The lowest BCUT2D eigenvalue weighted by Crippen LogP contribution is -2.20. The molecule has 8 nitrogen and oxygen atoms in total. The van der Waals surface area contributed by atoms with Crippen LogP contribution in [0.4, 0.5) is 17.6 Å². The molecular formula is C29H42ClN5O3. The quantitative estimate of drug-likeness (QED) is 0.275. The van der Waals surface area contributed by atoms with Crippen LogP contribution < -0.4 is 24.8 Å². The van der Waals surface area contributed by atoms with Gasteiger partial charge in [-0.2, -0.15) is 15.0 Å². The van der Waals surface area contributed by atoms with Crippen LogP contribution in [0.3, 0.4) is 0 Å². The zero-order chi connectivity index (χ0) is 27.9. The van der Waals surface area contributed by atoms with Gasteiger partial charge in [0.2, 0.25) is 11.9 Å². The molecule has 4 rings (SSSR count). The highest BCUT2D eigenvalue weighted by molar-refractivity contribution is 6.32. The smallest absolute Gasteiger partial charge is 0.232 e. The van der Waals surface area contributed by atoms with Crippen molar-refractivity contribution in [1.82, 2.24) is 15.0 Å². The van der Waals surface area contributed by atoms with Gasteiger partial charge in [0.15, 0.2) is 5.82 Å². The Bertz CT molecular complexity index is 1120. The Morgan fingerprint density at radius 3 is 2.00 bits per heavy atom. The highest BCUT2D eigenvalue weighted by Gasteiger charge is 2.18. The minimum atomic E-state index is 0.332. The van der Waals surface area contributed by atoms with Gasteiger partial charge in [0.25, 0.3) is 0 Å². The van der Waals surface area contributed by atoms with Gasteiger partial charge in [0.1, 0.15) is 17.2 Å². The SMILES string of the molecule is CC.CC.COc1ccc(-c2nc(Nc3ccc(OC)c(Cl)c3)nc(NC3CCCCCC3)n2)c(OC)c1. The molecule has 2 aromatic carbocycles. The van der Waals surface area contributed by atoms with Crippen molar-refractivity contribution in [3.05, 3.63) is 41.4 Å². The number of anilines is 3. The van der Waals surface area contributed by atoms with Gasteiger partial charge in [0.05, 0.1) is 31.9 Å². The van der Waals surface area contributed by atoms with E-state index >= 15 is 0 Å². The van der Waals surface area contributed by atoms with Crippen molar-refractivity contribution < 1.29 is 14.2 Å². The molecule has 9 heteroatoms. The molecule has 1 aromatic heterocycles. The van der Waals surface area contributed by atoms with Crippen molar-refractivity contribution in [3.63, 3.8) is 0 Å². The van der Waals surface area contributed by atoms with E-state index in [2.05, 4.69) is 20.6 Å². The van der Waals surface area contributed by atoms with Crippen LogP contribution >= 0.6 is 11.6 Å². The van der Waals surface area contributed by atoms with Crippen molar-refractivity contribution >= 4 is 29.2 Å². The van der Waals surface area contributed by atoms with Gasteiger partial charge in [-0.15, -0.1) is 0 Å². The summed E-state index contributed by atoms with van der Waals surface area (Å²) in [6, 6.07) is 11.3. The van der Waals surface area contributed by atoms with Crippen molar-refractivity contribution in [2.75, 3.05) is 32.0 Å². The number of methoxy groups -OCH3 is 3. The Balaban J connectivity index is 0.00000121. The molecule has 0 radical (unpaired) electrons. The predicted octanol–water partition coefficient (Wildman–Crippen LogP) is 8.15. The molecule has 2 N–H and O–H groups in total. The Labute approximate surface area is 232 Å². The van der Waals surface area contributed by atoms with Gasteiger partial charge < -0.3 is 24.8 Å². The summed E-state index contributed by atoms with van der Waals surface area (Å²) in [5.41, 5.74) is 1.48. The minimum Gasteiger partial charge on any atom is -0.497 e. The van der Waals surface area contributed by atoms with Crippen molar-refractivity contribution in [1.29, 1.82) is 0 Å². The first-order chi connectivity index (χ1) is 18.6. The lowest BCUT2D eigenvalue weighted by atomic mass is 10.1. The van der Waals surface area contributed by atoms with E-state index in [1.165, 1.54) is 25.7 Å². The van der Waals surface area contributed by atoms with E-state index in [1.54, 1.807) is 33.5 Å². The van der Waals surface area contributed by atoms with Crippen LogP contribution in [0.2, 0.25) is 5.02 Å². The largest absolute Gasteiger partial charge is 0.497 e. The molecule has 0 saturated heterocycles. The van der Waals surface area contributed by atoms with E-state index in [0.29, 0.717) is 46.0 Å². The molecular weight excluding hydrogens is 502 g/mol. The number of rotatable bonds is 8. The number of benzene rings is 2. The van der Waals surface area contributed by atoms with E-state index in [0.717, 1.165) is 24.1 Å². The van der Waals surface area contributed by atoms with Crippen LogP contribution in [-0.4, -0.2) is 42.3 Å². The molecule has 3 aromatic rings. The highest BCUT2D eigenvalue weighted by atomic mass is 35.5. The van der Waals surface area contributed by atoms with Crippen LogP contribution in [0.1, 0.15) is 66.2 Å². The number of hydrogen-bond donors (Lipinski definition) is 2. The molecule has 0 aliphatic heterocycles. The van der Waals surface area contributed by atoms with Gasteiger partial charge in [-0.1, -0.05) is 65.0 Å². The summed E-state index contributed by atoms with van der Waals surface area (Å²) >= 11 is 6.31. The number of nitrogens with zero attached hydrogens (tertiary/aromatic N) is 3. The number of nitrogens with one attached hydrogen (secondary N) is 2. The number of ether oxygens (including phenoxy) is 3. The average Bonchev–Trinajstić information content (AvgIpc) is 3.23. The molecule has 1 aliphatic carbocycles. The summed E-state index contributed by atoms with van der Waals surface area (Å²) in [5.74, 6) is 3.33. The fourth-order valence-corrected chi connectivity index (χ4v) is 4.34. The number of hydrogen-bond acceptors (Lipinski definition) is 8. The summed E-state index contributed by atoms with van der Waals surface area (Å²) in [7, 11) is 4.82. The summed E-state index contributed by atoms with van der Waals surface area (Å²) < 4.78 is 16.2. The first-order valence-electron chi connectivity index (χ1n) is 13.4. The molecule has 0 bridgehead atoms. The molecule has 0 atom stereocenters. The monoisotopic (exact) mass is 543 g/mol. The van der Waals surface area contributed by atoms with Gasteiger partial charge in [-0.25, -0.2) is 0 Å². The van der Waals surface area contributed by atoms with E-state index in [4.69, 9.17) is 30.8 Å². The third-order valence-electron chi connectivity index (χ3n) is 5.88. The lowest BCUT2D eigenvalue weighted by Gasteiger charge is -2.18. The maximum atomic E-state index is 6.31. The minimum absolute atomic E-state index is 0.332. The van der Waals surface area contributed by atoms with Crippen molar-refractivity contribution in [3.8, 4) is 28.6 Å². The molecule has 1 aliphatic rings. The standard InChI is InChI=1S/C25H30ClN5O3.2C2H6/c1-32-18-11-12-19(22(15-18)34-3)23-29-24(27-16-8-6-4-5-7-9-16)31-25(30-23)28-17-10-13-21(33-2)20(26)14-17;2*1-2/h10-16H,4-9H2,1-3H3,(H2,27,28,29,30,31);2*1-2H3. The summed E-state index contributed by atoms with van der Waals surface area (Å²) in [4.78, 5) is 14.1. The van der Waals surface area contributed by atoms with Gasteiger partial charge >= 0.3 is 0 Å². The summed E-state index contributed by atoms with van der Waals surface area (Å²) in [6.45, 7) is 8.00. The van der Waals surface area contributed by atoms with E-state index in [-0.39, 0.29) is 0 Å². The molecule has 38 heavy (non-hydrogen) atoms. The van der Waals surface area contributed by atoms with E-state index in [9.17, 15) is 0 Å². The molecule has 0 amide bonds. The number of halogens is 1. The molecule has 1 saturated carbocycles. The molecule has 0 spiro atoms. The highest BCUT2D eigenvalue weighted by Crippen LogP contribution is 2.33. The second kappa shape index (κ2) is 16.6. The second-order valence-electron chi connectivity index (χ2n) is 8.18. The first kappa shape index (κ1) is 31.0. The molecule has 0 unspecified atom stereocenters. The topological polar surface area (TPSA) is 90.4 Å². The zero-order valence-corrected chi connectivity index (χ0v) is 24.5. The zero-order valence-electron chi connectivity index (χ0n) is 23.7. The summed E-state index contributed by atoms with van der Waals surface area (Å²) in [6.07, 6.45) is 7.16. The third-order valence-corrected chi connectivity index (χ3v) is 6.18. The fraction of sp³-hybridized carbons (Fsp3) is 0.483. The predicted molar refractivity (Wildman–Crippen MR) is 157 cm³/mol. The van der Waals surface area contributed by atoms with Crippen LogP contribution in [0.25, 0.3) is 11.4 Å². The average molecular weight is 544 g/mol. The van der Waals surface area contributed by atoms with Crippen LogP contribution in [0.5, 0.6) is 17.2 Å². The number of aromatic nitrogens is 3. The van der Waals surface area contributed by atoms with Crippen LogP contribution in [-0.2, 0) is 0 Å². The van der Waals surface area contributed by atoms with Gasteiger partial charge in [-0.05, 0) is 43.2 Å². The van der Waals surface area contributed by atoms with E-state index in [1.807, 2.05) is 52.0 Å². The Kier molecular flexibility index (Phi) is 13.5. The van der Waals surface area contributed by atoms with E-state index < -0.39 is 0 Å². The lowest BCUT2D eigenvalue weighted by molar-refractivity contribution is 0.395. The first-order valence-corrected chi connectivity index (χ1v) is 13.8. The molecule has 1 heterocycles. The second-order valence-corrected chi connectivity index (χ2v) is 8.59. The molecule has 208 valence electrons. The Morgan fingerprint density at radius 1 is 0.737 bits per heavy atom. The Morgan fingerprint density at radius 2 is 1.39 bits per heavy atom. The third kappa shape index (κ3) is 8.65. The van der Waals surface area contributed by atoms with Crippen molar-refractivity contribution in [2.45, 2.75) is 72.3 Å². The van der Waals surface area contributed by atoms with Crippen LogP contribution in [0.15, 0.2) is 36.4 Å². The van der Waals surface area contributed by atoms with Gasteiger partial charge in [-0.3, -0.25) is 0 Å². The van der Waals surface area contributed by atoms with Gasteiger partial charge in [0, 0.05) is 17.8 Å². The maximum absolute atomic E-state index is 6.31.